The van der Waals surface area contributed by atoms with Crippen molar-refractivity contribution in [1.82, 2.24) is 4.58 Å². The minimum Gasteiger partial charge on any atom is -0.213 e. The zero-order valence-electron chi connectivity index (χ0n) is 30.8. The summed E-state index contributed by atoms with van der Waals surface area (Å²) in [5.74, 6) is 0. The van der Waals surface area contributed by atoms with Gasteiger partial charge in [0.1, 0.15) is 13.1 Å². The Morgan fingerprint density at radius 1 is 0.318 bits per heavy atom. The summed E-state index contributed by atoms with van der Waals surface area (Å²) in [4.78, 5) is 3.47. The molecular weight excluding hydrogens is 571 g/mol. The van der Waals surface area contributed by atoms with Crippen LogP contribution in [-0.4, -0.2) is 13.1 Å². The lowest BCUT2D eigenvalue weighted by molar-refractivity contribution is 0.531. The first-order valence-electron chi connectivity index (χ1n) is 20.5. The van der Waals surface area contributed by atoms with Crippen LogP contribution in [0, 0.1) is 0 Å². The lowest BCUT2D eigenvalue weighted by Gasteiger charge is -2.05. The molecule has 260 valence electrons. The number of rotatable bonds is 34. The van der Waals surface area contributed by atoms with Gasteiger partial charge in [-0.3, -0.25) is 0 Å². The minimum atomic E-state index is 1.14. The van der Waals surface area contributed by atoms with E-state index in [0.29, 0.717) is 0 Å². The van der Waals surface area contributed by atoms with Crippen LogP contribution in [0.2, 0.25) is 0 Å². The average Bonchev–Trinajstić information content (AvgIpc) is 3.43. The van der Waals surface area contributed by atoms with Crippen LogP contribution in [0.4, 0.5) is 0 Å². The smallest absolute Gasteiger partial charge is 0.213 e. The molecule has 0 radical (unpaired) electrons. The van der Waals surface area contributed by atoms with Gasteiger partial charge in [0.05, 0.1) is 0 Å². The molecule has 0 saturated carbocycles. The van der Waals surface area contributed by atoms with E-state index in [1.165, 1.54) is 205 Å². The van der Waals surface area contributed by atoms with Gasteiger partial charge in [-0.05, 0) is 39.5 Å². The van der Waals surface area contributed by atoms with Gasteiger partial charge in [0.15, 0.2) is 0 Å². The van der Waals surface area contributed by atoms with Crippen LogP contribution in [0.5, 0.6) is 0 Å². The molecule has 0 unspecified atom stereocenters. The van der Waals surface area contributed by atoms with Crippen molar-refractivity contribution in [2.75, 3.05) is 13.1 Å². The highest BCUT2D eigenvalue weighted by Gasteiger charge is 2.13. The molecule has 0 aromatic carbocycles. The summed E-state index contributed by atoms with van der Waals surface area (Å²) in [7, 11) is 0. The maximum absolute atomic E-state index is 2.58. The molecule has 1 nitrogen and oxygen atoms in total. The summed E-state index contributed by atoms with van der Waals surface area (Å²) < 4.78 is 4.16. The van der Waals surface area contributed by atoms with Gasteiger partial charge in [-0.15, -0.1) is 0 Å². The van der Waals surface area contributed by atoms with Gasteiger partial charge in [-0.2, -0.15) is 0 Å². The van der Waals surface area contributed by atoms with Crippen LogP contribution in [0.1, 0.15) is 230 Å². The molecule has 0 atom stereocenters. The lowest BCUT2D eigenvalue weighted by atomic mass is 10.0. The Morgan fingerprint density at radius 2 is 0.545 bits per heavy atom. The van der Waals surface area contributed by atoms with Crippen molar-refractivity contribution in [2.24, 2.45) is 0 Å². The maximum Gasteiger partial charge on any atom is 0.314 e. The fourth-order valence-corrected chi connectivity index (χ4v) is 9.79. The molecule has 44 heavy (non-hydrogen) atoms. The zero-order valence-corrected chi connectivity index (χ0v) is 32.4. The summed E-state index contributed by atoms with van der Waals surface area (Å²) in [6.07, 6.45) is 46.2. The fraction of sp³-hybridized carbons (Fsp3) is 0.927. The van der Waals surface area contributed by atoms with Gasteiger partial charge in [0.2, 0.25) is 0 Å². The van der Waals surface area contributed by atoms with E-state index in [9.17, 15) is 0 Å². The summed E-state index contributed by atoms with van der Waals surface area (Å²) in [6.45, 7) is 11.5. The summed E-state index contributed by atoms with van der Waals surface area (Å²) in [5, 5.41) is 0. The topological polar surface area (TPSA) is 3.01 Å². The molecule has 0 saturated heterocycles. The van der Waals surface area contributed by atoms with E-state index >= 15 is 0 Å². The van der Waals surface area contributed by atoms with Crippen molar-refractivity contribution < 1.29 is 0 Å². The summed E-state index contributed by atoms with van der Waals surface area (Å²) in [5.41, 5.74) is 0. The normalized spacial score (nSPS) is 11.5. The Kier molecular flexibility index (Phi) is 31.2. The molecule has 1 aromatic rings. The van der Waals surface area contributed by atoms with E-state index in [2.05, 4.69) is 54.9 Å². The highest BCUT2D eigenvalue weighted by Crippen LogP contribution is 2.24. The molecule has 0 fully saturated rings. The first-order chi connectivity index (χ1) is 21.8. The van der Waals surface area contributed by atoms with Crippen molar-refractivity contribution in [1.29, 1.82) is 0 Å². The van der Waals surface area contributed by atoms with E-state index in [-0.39, 0.29) is 0 Å². The second-order valence-electron chi connectivity index (χ2n) is 13.9. The molecule has 1 aromatic heterocycles. The molecule has 3 heteroatoms. The average molecular weight is 651 g/mol. The Morgan fingerprint density at radius 3 is 0.773 bits per heavy atom. The number of hydrogen-bond acceptors (Lipinski definition) is 2. The van der Waals surface area contributed by atoms with Crippen LogP contribution in [-0.2, 0) is 12.8 Å². The van der Waals surface area contributed by atoms with E-state index in [1.807, 2.05) is 0 Å². The van der Waals surface area contributed by atoms with Crippen molar-refractivity contribution in [3.63, 3.8) is 0 Å². The Hall–Kier alpha value is -0.150. The third kappa shape index (κ3) is 24.1. The molecule has 0 N–H and O–H groups in total. The Balaban J connectivity index is 2.15. The molecule has 0 spiro atoms. The molecule has 0 aliphatic heterocycles. The minimum absolute atomic E-state index is 1.14. The second-order valence-corrected chi connectivity index (χ2v) is 16.3. The van der Waals surface area contributed by atoms with Gasteiger partial charge in [-0.25, -0.2) is 4.58 Å². The van der Waals surface area contributed by atoms with Crippen LogP contribution >= 0.6 is 22.7 Å². The van der Waals surface area contributed by atoms with Gasteiger partial charge in [0.25, 0.3) is 0 Å². The predicted molar refractivity (Wildman–Crippen MR) is 206 cm³/mol. The highest BCUT2D eigenvalue weighted by atomic mass is 32.2. The number of unbranched alkanes of at least 4 members (excludes halogenated alkanes) is 28. The summed E-state index contributed by atoms with van der Waals surface area (Å²) >= 11 is 4.27. The fourth-order valence-electron chi connectivity index (χ4n) is 6.65. The lowest BCUT2D eigenvalue weighted by Crippen LogP contribution is -2.25. The number of hydrogen-bond donors (Lipinski definition) is 0. The van der Waals surface area contributed by atoms with Crippen LogP contribution in [0.15, 0.2) is 0 Å². The van der Waals surface area contributed by atoms with Crippen molar-refractivity contribution in [3.05, 3.63) is 13.7 Å². The third-order valence-corrected chi connectivity index (χ3v) is 12.7. The summed E-state index contributed by atoms with van der Waals surface area (Å²) in [6, 6.07) is 0. The predicted octanol–water partition coefficient (Wildman–Crippen LogP) is 14.4. The standard InChI is InChI=1S/C41H80NS2/c1-5-9-11-13-15-17-19-21-23-25-27-29-31-33-35-37-39-40(44-41(43-39)42(7-3)8-4)38-36-34-32-30-28-26-24-22-20-18-16-14-12-10-6-2/h5-38H2,1-4H3/q+1. The van der Waals surface area contributed by atoms with Crippen molar-refractivity contribution >= 4 is 22.7 Å². The second kappa shape index (κ2) is 32.8. The van der Waals surface area contributed by atoms with Crippen molar-refractivity contribution in [2.45, 2.75) is 233 Å². The molecular formula is C41H80NS2+. The molecule has 0 aliphatic carbocycles. The maximum atomic E-state index is 2.58. The van der Waals surface area contributed by atoms with Gasteiger partial charge >= 0.3 is 3.98 Å². The van der Waals surface area contributed by atoms with E-state index in [0.717, 1.165) is 13.1 Å². The van der Waals surface area contributed by atoms with Gasteiger partial charge in [-0.1, -0.05) is 216 Å². The number of nitrogens with zero attached hydrogens (tertiary/aromatic N) is 1. The van der Waals surface area contributed by atoms with Crippen LogP contribution < -0.4 is 8.56 Å². The molecule has 0 aliphatic rings. The largest absolute Gasteiger partial charge is 0.314 e. The SMILES string of the molecule is CCCCCCCCCCCCCCCCCc1sc(=[N+](CC)CC)sc1CCCCCCCCCCCCCCCCC. The van der Waals surface area contributed by atoms with Crippen LogP contribution in [0.25, 0.3) is 0 Å². The quantitative estimate of drug-likeness (QED) is 0.0516. The van der Waals surface area contributed by atoms with Crippen LogP contribution in [0.3, 0.4) is 0 Å². The zero-order chi connectivity index (χ0) is 31.8. The van der Waals surface area contributed by atoms with Gasteiger partial charge in [0, 0.05) is 9.75 Å². The van der Waals surface area contributed by atoms with Crippen molar-refractivity contribution in [3.8, 4) is 0 Å². The molecule has 1 rings (SSSR count). The number of aryl methyl sites for hydroxylation is 2. The van der Waals surface area contributed by atoms with E-state index in [1.54, 1.807) is 13.7 Å². The Bertz CT molecular complexity index is 715. The first-order valence-corrected chi connectivity index (χ1v) is 22.1. The van der Waals surface area contributed by atoms with E-state index < -0.39 is 0 Å². The van der Waals surface area contributed by atoms with E-state index in [4.69, 9.17) is 0 Å². The highest BCUT2D eigenvalue weighted by molar-refractivity contribution is 7.27. The third-order valence-electron chi connectivity index (χ3n) is 9.77. The Labute approximate surface area is 286 Å². The molecule has 1 heterocycles. The monoisotopic (exact) mass is 651 g/mol. The van der Waals surface area contributed by atoms with Gasteiger partial charge < -0.3 is 0 Å². The molecule has 0 bridgehead atoms. The molecule has 0 amide bonds. The first kappa shape index (κ1) is 41.9.